The molecule has 0 aliphatic rings. The highest BCUT2D eigenvalue weighted by Gasteiger charge is 2.11. The Morgan fingerprint density at radius 3 is 2.75 bits per heavy atom. The highest BCUT2D eigenvalue weighted by Crippen LogP contribution is 2.23. The third-order valence-corrected chi connectivity index (χ3v) is 3.18. The Hall–Kier alpha value is -3.79. The molecule has 0 bridgehead atoms. The summed E-state index contributed by atoms with van der Waals surface area (Å²) < 4.78 is 5.49. The quantitative estimate of drug-likeness (QED) is 0.536. The van der Waals surface area contributed by atoms with E-state index in [0.717, 1.165) is 5.56 Å². The molecule has 0 unspecified atom stereocenters. The molecule has 2 aromatic carbocycles. The molecule has 0 aliphatic carbocycles. The van der Waals surface area contributed by atoms with Crippen molar-refractivity contribution < 1.29 is 9.34 Å². The third kappa shape index (κ3) is 3.34. The second-order valence-corrected chi connectivity index (χ2v) is 4.82. The summed E-state index contributed by atoms with van der Waals surface area (Å²) >= 11 is 0. The Bertz CT molecular complexity index is 970. The number of rotatable bonds is 4. The maximum absolute atomic E-state index is 10.8. The minimum Gasteiger partial charge on any atom is -0.417 e. The average Bonchev–Trinajstić information content (AvgIpc) is 3.09. The highest BCUT2D eigenvalue weighted by atomic mass is 16.6. The average molecular weight is 318 g/mol. The zero-order chi connectivity index (χ0) is 16.9. The number of nitrogens with zero attached hydrogens (tertiary/aromatic N) is 4. The van der Waals surface area contributed by atoms with Crippen molar-refractivity contribution in [3.8, 4) is 17.5 Å². The lowest BCUT2D eigenvalue weighted by Gasteiger charge is -1.94. The molecule has 1 aromatic heterocycles. The summed E-state index contributed by atoms with van der Waals surface area (Å²) in [5, 5.41) is 27.5. The predicted octanol–water partition coefficient (Wildman–Crippen LogP) is 3.69. The van der Waals surface area contributed by atoms with E-state index in [-0.39, 0.29) is 17.5 Å². The van der Waals surface area contributed by atoms with Crippen LogP contribution >= 0.6 is 0 Å². The molecule has 0 atom stereocenters. The van der Waals surface area contributed by atoms with Gasteiger partial charge in [-0.1, -0.05) is 18.2 Å². The minimum atomic E-state index is -0.483. The summed E-state index contributed by atoms with van der Waals surface area (Å²) in [4.78, 5) is 10.3. The molecule has 3 rings (SSSR count). The van der Waals surface area contributed by atoms with Gasteiger partial charge in [0.1, 0.15) is 0 Å². The number of nitro groups is 1. The first-order valence-electron chi connectivity index (χ1n) is 6.92. The van der Waals surface area contributed by atoms with E-state index in [2.05, 4.69) is 16.3 Å². The Morgan fingerprint density at radius 2 is 1.96 bits per heavy atom. The van der Waals surface area contributed by atoms with E-state index < -0.39 is 4.92 Å². The maximum Gasteiger partial charge on any atom is 0.270 e. The fraction of sp³-hybridized carbons (Fsp3) is 0. The second-order valence-electron chi connectivity index (χ2n) is 4.82. The van der Waals surface area contributed by atoms with Gasteiger partial charge in [-0.15, -0.1) is 10.2 Å². The SMILES string of the molecule is N#Cc1cccc(/C=C/c2nnc(-c3cccc([N+](=O)[O-])c3)o2)c1. The van der Waals surface area contributed by atoms with E-state index in [1.807, 2.05) is 6.07 Å². The van der Waals surface area contributed by atoms with E-state index in [9.17, 15) is 10.1 Å². The fourth-order valence-corrected chi connectivity index (χ4v) is 2.05. The maximum atomic E-state index is 10.8. The van der Waals surface area contributed by atoms with Crippen molar-refractivity contribution >= 4 is 17.8 Å². The number of nitriles is 1. The minimum absolute atomic E-state index is 0.0453. The summed E-state index contributed by atoms with van der Waals surface area (Å²) in [6, 6.07) is 15.1. The van der Waals surface area contributed by atoms with E-state index in [4.69, 9.17) is 9.68 Å². The van der Waals surface area contributed by atoms with E-state index in [1.165, 1.54) is 12.1 Å². The molecule has 0 aliphatic heterocycles. The van der Waals surface area contributed by atoms with Gasteiger partial charge >= 0.3 is 0 Å². The van der Waals surface area contributed by atoms with Crippen molar-refractivity contribution in [2.45, 2.75) is 0 Å². The zero-order valence-corrected chi connectivity index (χ0v) is 12.3. The Balaban J connectivity index is 1.83. The molecule has 0 saturated heterocycles. The van der Waals surface area contributed by atoms with Crippen molar-refractivity contribution in [2.24, 2.45) is 0 Å². The van der Waals surface area contributed by atoms with Crippen molar-refractivity contribution in [1.82, 2.24) is 10.2 Å². The number of aromatic nitrogens is 2. The number of hydrogen-bond acceptors (Lipinski definition) is 6. The lowest BCUT2D eigenvalue weighted by molar-refractivity contribution is -0.384. The first-order valence-corrected chi connectivity index (χ1v) is 6.92. The largest absolute Gasteiger partial charge is 0.417 e. The molecule has 7 heteroatoms. The van der Waals surface area contributed by atoms with Crippen molar-refractivity contribution in [2.75, 3.05) is 0 Å². The van der Waals surface area contributed by atoms with Gasteiger partial charge in [-0.25, -0.2) is 0 Å². The summed E-state index contributed by atoms with van der Waals surface area (Å²) in [6.07, 6.45) is 3.36. The molecule has 0 spiro atoms. The normalized spacial score (nSPS) is 10.6. The van der Waals surface area contributed by atoms with Crippen LogP contribution < -0.4 is 0 Å². The van der Waals surface area contributed by atoms with Gasteiger partial charge in [0.15, 0.2) is 0 Å². The van der Waals surface area contributed by atoms with Gasteiger partial charge in [-0.3, -0.25) is 10.1 Å². The van der Waals surface area contributed by atoms with Gasteiger partial charge in [0.25, 0.3) is 5.69 Å². The molecule has 0 saturated carbocycles. The molecule has 0 fully saturated rings. The number of nitro benzene ring substituents is 1. The lowest BCUT2D eigenvalue weighted by Crippen LogP contribution is -1.88. The highest BCUT2D eigenvalue weighted by molar-refractivity contribution is 5.67. The first kappa shape index (κ1) is 15.1. The second kappa shape index (κ2) is 6.54. The smallest absolute Gasteiger partial charge is 0.270 e. The first-order chi connectivity index (χ1) is 11.7. The molecule has 1 heterocycles. The van der Waals surface area contributed by atoms with Gasteiger partial charge in [0, 0.05) is 23.8 Å². The van der Waals surface area contributed by atoms with Crippen LogP contribution in [0.25, 0.3) is 23.6 Å². The number of benzene rings is 2. The third-order valence-electron chi connectivity index (χ3n) is 3.18. The molecule has 24 heavy (non-hydrogen) atoms. The molecular weight excluding hydrogens is 308 g/mol. The van der Waals surface area contributed by atoms with E-state index in [0.29, 0.717) is 11.1 Å². The van der Waals surface area contributed by atoms with Crippen LogP contribution in [0.5, 0.6) is 0 Å². The fourth-order valence-electron chi connectivity index (χ4n) is 2.05. The van der Waals surface area contributed by atoms with Gasteiger partial charge in [0.2, 0.25) is 11.8 Å². The van der Waals surface area contributed by atoms with Crippen molar-refractivity contribution in [3.05, 3.63) is 75.7 Å². The van der Waals surface area contributed by atoms with Crippen LogP contribution in [0.4, 0.5) is 5.69 Å². The molecule has 0 radical (unpaired) electrons. The molecule has 116 valence electrons. The summed E-state index contributed by atoms with van der Waals surface area (Å²) in [6.45, 7) is 0. The van der Waals surface area contributed by atoms with Crippen LogP contribution in [-0.4, -0.2) is 15.1 Å². The molecular formula is C17H10N4O3. The Kier molecular flexibility index (Phi) is 4.12. The number of hydrogen-bond donors (Lipinski definition) is 0. The van der Waals surface area contributed by atoms with Gasteiger partial charge in [0.05, 0.1) is 16.6 Å². The molecule has 3 aromatic rings. The van der Waals surface area contributed by atoms with E-state index >= 15 is 0 Å². The lowest BCUT2D eigenvalue weighted by atomic mass is 10.1. The predicted molar refractivity (Wildman–Crippen MR) is 86.5 cm³/mol. The van der Waals surface area contributed by atoms with Crippen LogP contribution in [0.15, 0.2) is 52.9 Å². The molecule has 0 amide bonds. The number of non-ortho nitro benzene ring substituents is 1. The zero-order valence-electron chi connectivity index (χ0n) is 12.3. The van der Waals surface area contributed by atoms with Crippen LogP contribution in [0.3, 0.4) is 0 Å². The standard InChI is InChI=1S/C17H10N4O3/c18-11-13-4-1-3-12(9-13)7-8-16-19-20-17(24-16)14-5-2-6-15(10-14)21(22)23/h1-10H/b8-7+. The summed E-state index contributed by atoms with van der Waals surface area (Å²) in [5.74, 6) is 0.461. The Morgan fingerprint density at radius 1 is 1.12 bits per heavy atom. The Labute approximate surface area is 136 Å². The van der Waals surface area contributed by atoms with Crippen LogP contribution in [-0.2, 0) is 0 Å². The van der Waals surface area contributed by atoms with Crippen molar-refractivity contribution in [3.63, 3.8) is 0 Å². The van der Waals surface area contributed by atoms with E-state index in [1.54, 1.807) is 42.5 Å². The molecule has 0 N–H and O–H groups in total. The van der Waals surface area contributed by atoms with Gasteiger partial charge in [-0.05, 0) is 29.8 Å². The van der Waals surface area contributed by atoms with Crippen LogP contribution in [0.1, 0.15) is 17.0 Å². The summed E-state index contributed by atoms with van der Waals surface area (Å²) in [7, 11) is 0. The topological polar surface area (TPSA) is 106 Å². The monoisotopic (exact) mass is 318 g/mol. The van der Waals surface area contributed by atoms with Crippen LogP contribution in [0, 0.1) is 21.4 Å². The van der Waals surface area contributed by atoms with Gasteiger partial charge < -0.3 is 4.42 Å². The van der Waals surface area contributed by atoms with Crippen LogP contribution in [0.2, 0.25) is 0 Å². The molecule has 7 nitrogen and oxygen atoms in total. The summed E-state index contributed by atoms with van der Waals surface area (Å²) in [5.41, 5.74) is 1.81. The van der Waals surface area contributed by atoms with Gasteiger partial charge in [-0.2, -0.15) is 5.26 Å². The van der Waals surface area contributed by atoms with Crippen molar-refractivity contribution in [1.29, 1.82) is 5.26 Å².